The van der Waals surface area contributed by atoms with E-state index in [9.17, 15) is 18.0 Å². The minimum Gasteiger partial charge on any atom is -0.351 e. The lowest BCUT2D eigenvalue weighted by Crippen LogP contribution is -2.18. The highest BCUT2D eigenvalue weighted by atomic mass is 19.4. The molecule has 0 spiro atoms. The van der Waals surface area contributed by atoms with E-state index in [2.05, 4.69) is 4.74 Å². The number of halogens is 3. The maximum absolute atomic E-state index is 11.8. The van der Waals surface area contributed by atoms with Crippen LogP contribution in [0.15, 0.2) is 18.5 Å². The Kier molecular flexibility index (Phi) is 4.74. The molecule has 0 amide bonds. The van der Waals surface area contributed by atoms with E-state index >= 15 is 0 Å². The highest BCUT2D eigenvalue weighted by Gasteiger charge is 2.27. The van der Waals surface area contributed by atoms with Gasteiger partial charge in [0.25, 0.3) is 0 Å². The second-order valence-corrected chi connectivity index (χ2v) is 3.68. The first-order chi connectivity index (χ1) is 7.92. The van der Waals surface area contributed by atoms with Crippen LogP contribution in [0.4, 0.5) is 13.2 Å². The van der Waals surface area contributed by atoms with Crippen LogP contribution in [-0.2, 0) is 11.5 Å². The summed E-state index contributed by atoms with van der Waals surface area (Å²) in [6, 6.07) is 1.58. The standard InChI is InChI=1S/C11H14F3NO2/c1-2-3-10(16)9-4-5-15(6-9)8-17-7-11(12,13)14/h4-6H,2-3,7-8H2,1H3. The molecule has 0 aliphatic heterocycles. The Bertz CT molecular complexity index is 371. The first-order valence-electron chi connectivity index (χ1n) is 5.26. The van der Waals surface area contributed by atoms with Gasteiger partial charge in [-0.3, -0.25) is 4.79 Å². The number of alkyl halides is 3. The molecule has 1 heterocycles. The van der Waals surface area contributed by atoms with Gasteiger partial charge in [-0.25, -0.2) is 0 Å². The first kappa shape index (κ1) is 13.8. The van der Waals surface area contributed by atoms with Crippen molar-refractivity contribution < 1.29 is 22.7 Å². The Balaban J connectivity index is 2.43. The maximum Gasteiger partial charge on any atom is 0.411 e. The van der Waals surface area contributed by atoms with E-state index in [0.29, 0.717) is 12.0 Å². The van der Waals surface area contributed by atoms with Gasteiger partial charge in [0.15, 0.2) is 5.78 Å². The van der Waals surface area contributed by atoms with Gasteiger partial charge in [-0.1, -0.05) is 6.92 Å². The summed E-state index contributed by atoms with van der Waals surface area (Å²) in [5.74, 6) is -0.0120. The van der Waals surface area contributed by atoms with Crippen LogP contribution in [0, 0.1) is 0 Å². The second-order valence-electron chi connectivity index (χ2n) is 3.68. The number of carbonyl (C=O) groups excluding carboxylic acids is 1. The van der Waals surface area contributed by atoms with E-state index in [1.807, 2.05) is 6.92 Å². The summed E-state index contributed by atoms with van der Waals surface area (Å²) in [7, 11) is 0. The third-order valence-electron chi connectivity index (χ3n) is 2.06. The van der Waals surface area contributed by atoms with Gasteiger partial charge in [-0.2, -0.15) is 13.2 Å². The van der Waals surface area contributed by atoms with E-state index in [4.69, 9.17) is 0 Å². The normalized spacial score (nSPS) is 11.8. The fourth-order valence-electron chi connectivity index (χ4n) is 1.32. The predicted octanol–water partition coefficient (Wildman–Crippen LogP) is 3.01. The monoisotopic (exact) mass is 249 g/mol. The van der Waals surface area contributed by atoms with Gasteiger partial charge in [0.05, 0.1) is 0 Å². The van der Waals surface area contributed by atoms with Gasteiger partial charge in [0.1, 0.15) is 13.3 Å². The zero-order chi connectivity index (χ0) is 12.9. The Morgan fingerprint density at radius 3 is 2.76 bits per heavy atom. The van der Waals surface area contributed by atoms with Crippen molar-refractivity contribution >= 4 is 5.78 Å². The van der Waals surface area contributed by atoms with Crippen LogP contribution in [0.1, 0.15) is 30.1 Å². The van der Waals surface area contributed by atoms with Crippen molar-refractivity contribution in [3.63, 3.8) is 0 Å². The summed E-state index contributed by atoms with van der Waals surface area (Å²) in [6.45, 7) is 0.393. The van der Waals surface area contributed by atoms with E-state index in [-0.39, 0.29) is 12.5 Å². The van der Waals surface area contributed by atoms with Crippen molar-refractivity contribution in [2.24, 2.45) is 0 Å². The zero-order valence-corrected chi connectivity index (χ0v) is 9.46. The van der Waals surface area contributed by atoms with Gasteiger partial charge in [-0.15, -0.1) is 0 Å². The Morgan fingerprint density at radius 1 is 1.47 bits per heavy atom. The predicted molar refractivity (Wildman–Crippen MR) is 55.7 cm³/mol. The molecule has 3 nitrogen and oxygen atoms in total. The third-order valence-corrected chi connectivity index (χ3v) is 2.06. The zero-order valence-electron chi connectivity index (χ0n) is 9.46. The quantitative estimate of drug-likeness (QED) is 0.726. The van der Waals surface area contributed by atoms with E-state index in [0.717, 1.165) is 6.42 Å². The molecule has 96 valence electrons. The molecule has 6 heteroatoms. The number of hydrogen-bond acceptors (Lipinski definition) is 2. The third kappa shape index (κ3) is 5.04. The van der Waals surface area contributed by atoms with Gasteiger partial charge < -0.3 is 9.30 Å². The summed E-state index contributed by atoms with van der Waals surface area (Å²) in [5, 5.41) is 0. The van der Waals surface area contributed by atoms with E-state index in [1.54, 1.807) is 6.07 Å². The Morgan fingerprint density at radius 2 is 2.18 bits per heavy atom. The van der Waals surface area contributed by atoms with Gasteiger partial charge in [0.2, 0.25) is 0 Å². The highest BCUT2D eigenvalue weighted by Crippen LogP contribution is 2.15. The topological polar surface area (TPSA) is 31.2 Å². The van der Waals surface area contributed by atoms with Crippen LogP contribution in [0.2, 0.25) is 0 Å². The van der Waals surface area contributed by atoms with E-state index < -0.39 is 12.8 Å². The molecule has 1 aromatic heterocycles. The molecular formula is C11H14F3NO2. The van der Waals surface area contributed by atoms with Crippen LogP contribution in [-0.4, -0.2) is 23.1 Å². The Hall–Kier alpha value is -1.30. The van der Waals surface area contributed by atoms with Crippen molar-refractivity contribution in [2.75, 3.05) is 6.61 Å². The second kappa shape index (κ2) is 5.86. The highest BCUT2D eigenvalue weighted by molar-refractivity contribution is 5.95. The van der Waals surface area contributed by atoms with Crippen molar-refractivity contribution in [1.29, 1.82) is 0 Å². The summed E-state index contributed by atoms with van der Waals surface area (Å²) in [6.07, 6.45) is -0.121. The molecule has 0 bridgehead atoms. The summed E-state index contributed by atoms with van der Waals surface area (Å²) >= 11 is 0. The SMILES string of the molecule is CCCC(=O)c1ccn(COCC(F)(F)F)c1. The molecule has 0 saturated carbocycles. The molecule has 0 radical (unpaired) electrons. The number of carbonyl (C=O) groups is 1. The molecule has 1 rings (SSSR count). The minimum atomic E-state index is -4.33. The first-order valence-corrected chi connectivity index (χ1v) is 5.26. The average molecular weight is 249 g/mol. The molecule has 1 aromatic rings. The van der Waals surface area contributed by atoms with Gasteiger partial charge in [0, 0.05) is 24.4 Å². The smallest absolute Gasteiger partial charge is 0.351 e. The average Bonchev–Trinajstić information content (AvgIpc) is 2.65. The number of ketones is 1. The number of rotatable bonds is 6. The molecule has 17 heavy (non-hydrogen) atoms. The molecular weight excluding hydrogens is 235 g/mol. The van der Waals surface area contributed by atoms with Crippen LogP contribution < -0.4 is 0 Å². The molecule has 0 aliphatic rings. The van der Waals surface area contributed by atoms with Crippen molar-refractivity contribution in [2.45, 2.75) is 32.7 Å². The summed E-state index contributed by atoms with van der Waals surface area (Å²) < 4.78 is 41.3. The molecule has 0 fully saturated rings. The molecule has 0 aromatic carbocycles. The summed E-state index contributed by atoms with van der Waals surface area (Å²) in [5.41, 5.74) is 0.502. The molecule has 0 aliphatic carbocycles. The fraction of sp³-hybridized carbons (Fsp3) is 0.545. The molecule has 0 N–H and O–H groups in total. The lowest BCUT2D eigenvalue weighted by Gasteiger charge is -2.07. The number of Topliss-reactive ketones (excluding diaryl/α,β-unsaturated/α-hetero) is 1. The van der Waals surface area contributed by atoms with Gasteiger partial charge in [-0.05, 0) is 12.5 Å². The van der Waals surface area contributed by atoms with Crippen LogP contribution >= 0.6 is 0 Å². The van der Waals surface area contributed by atoms with Crippen LogP contribution in [0.3, 0.4) is 0 Å². The van der Waals surface area contributed by atoms with Gasteiger partial charge >= 0.3 is 6.18 Å². The maximum atomic E-state index is 11.8. The van der Waals surface area contributed by atoms with Crippen molar-refractivity contribution in [3.8, 4) is 0 Å². The number of ether oxygens (including phenoxy) is 1. The van der Waals surface area contributed by atoms with Crippen molar-refractivity contribution in [3.05, 3.63) is 24.0 Å². The lowest BCUT2D eigenvalue weighted by atomic mass is 10.1. The minimum absolute atomic E-state index is 0.0120. The molecule has 0 unspecified atom stereocenters. The lowest BCUT2D eigenvalue weighted by molar-refractivity contribution is -0.181. The van der Waals surface area contributed by atoms with Crippen LogP contribution in [0.5, 0.6) is 0 Å². The number of aromatic nitrogens is 1. The summed E-state index contributed by atoms with van der Waals surface area (Å²) in [4.78, 5) is 11.5. The number of hydrogen-bond donors (Lipinski definition) is 0. The Labute approximate surface area is 97.2 Å². The van der Waals surface area contributed by atoms with E-state index in [1.165, 1.54) is 17.0 Å². The number of nitrogens with zero attached hydrogens (tertiary/aromatic N) is 1. The van der Waals surface area contributed by atoms with Crippen molar-refractivity contribution in [1.82, 2.24) is 4.57 Å². The van der Waals surface area contributed by atoms with Crippen LogP contribution in [0.25, 0.3) is 0 Å². The molecule has 0 saturated heterocycles. The molecule has 0 atom stereocenters. The largest absolute Gasteiger partial charge is 0.411 e. The fourth-order valence-corrected chi connectivity index (χ4v) is 1.32.